The van der Waals surface area contributed by atoms with Crippen LogP contribution in [0.1, 0.15) is 13.8 Å². The Balaban J connectivity index is 3.05. The fraction of sp³-hybridized carbons (Fsp3) is 0.917. The molecule has 1 saturated heterocycles. The number of aliphatic hydroxyl groups excluding tert-OH is 3. The molecule has 0 amide bonds. The van der Waals surface area contributed by atoms with Crippen LogP contribution in [0, 0.1) is 5.92 Å². The van der Waals surface area contributed by atoms with Crippen molar-refractivity contribution in [1.29, 1.82) is 0 Å². The Bertz CT molecular complexity index is 370. The third-order valence-electron chi connectivity index (χ3n) is 3.60. The van der Waals surface area contributed by atoms with Crippen LogP contribution in [-0.4, -0.2) is 70.9 Å². The quantitative estimate of drug-likeness (QED) is 0.462. The molecular formula is C12H21F2NO6. The molecule has 0 saturated carbocycles. The predicted octanol–water partition coefficient (Wildman–Crippen LogP) is -1.37. The van der Waals surface area contributed by atoms with Crippen LogP contribution in [0.25, 0.3) is 0 Å². The van der Waals surface area contributed by atoms with Gasteiger partial charge in [-0.15, -0.1) is 0 Å². The van der Waals surface area contributed by atoms with Crippen molar-refractivity contribution >= 4 is 5.97 Å². The van der Waals surface area contributed by atoms with Gasteiger partial charge in [-0.05, 0) is 6.92 Å². The number of hydrogen-bond donors (Lipinski definition) is 4. The van der Waals surface area contributed by atoms with Crippen LogP contribution in [0.4, 0.5) is 8.78 Å². The minimum atomic E-state index is -3.47. The molecule has 0 aromatic rings. The zero-order chi connectivity index (χ0) is 16.4. The molecule has 1 aliphatic heterocycles. The lowest BCUT2D eigenvalue weighted by Gasteiger charge is -2.45. The van der Waals surface area contributed by atoms with E-state index in [4.69, 9.17) is 15.6 Å². The minimum Gasteiger partial charge on any atom is -0.462 e. The Morgan fingerprint density at radius 2 is 2.10 bits per heavy atom. The SMILES string of the molecule is CCOC(=O)C1(F)OC([C@H](O)[C@H](O)CO)C(C)C(N)C1F. The number of alkyl halides is 2. The van der Waals surface area contributed by atoms with Gasteiger partial charge in [0.05, 0.1) is 19.3 Å². The summed E-state index contributed by atoms with van der Waals surface area (Å²) in [6.45, 7) is 1.76. The van der Waals surface area contributed by atoms with Crippen LogP contribution in [0.3, 0.4) is 0 Å². The molecule has 9 heteroatoms. The molecule has 0 radical (unpaired) electrons. The van der Waals surface area contributed by atoms with Gasteiger partial charge in [0, 0.05) is 12.0 Å². The second kappa shape index (κ2) is 6.93. The number of carbonyl (C=O) groups excluding carboxylic acids is 1. The van der Waals surface area contributed by atoms with Crippen LogP contribution < -0.4 is 5.73 Å². The van der Waals surface area contributed by atoms with Crippen molar-refractivity contribution in [3.05, 3.63) is 0 Å². The van der Waals surface area contributed by atoms with Gasteiger partial charge in [-0.2, -0.15) is 4.39 Å². The van der Waals surface area contributed by atoms with E-state index >= 15 is 0 Å². The first-order valence-corrected chi connectivity index (χ1v) is 6.61. The van der Waals surface area contributed by atoms with E-state index in [1.807, 2.05) is 0 Å². The molecule has 1 aliphatic rings. The molecule has 0 bridgehead atoms. The van der Waals surface area contributed by atoms with Gasteiger partial charge in [0.25, 0.3) is 0 Å². The van der Waals surface area contributed by atoms with Gasteiger partial charge in [0.1, 0.15) is 12.2 Å². The molecule has 0 aliphatic carbocycles. The van der Waals surface area contributed by atoms with E-state index < -0.39 is 54.9 Å². The first kappa shape index (κ1) is 18.2. The number of halogens is 2. The van der Waals surface area contributed by atoms with Crippen LogP contribution >= 0.6 is 0 Å². The normalized spacial score (nSPS) is 39.6. The molecule has 1 fully saturated rings. The number of ether oxygens (including phenoxy) is 2. The van der Waals surface area contributed by atoms with Gasteiger partial charge >= 0.3 is 11.8 Å². The lowest BCUT2D eigenvalue weighted by atomic mass is 9.82. The summed E-state index contributed by atoms with van der Waals surface area (Å²) in [7, 11) is 0. The van der Waals surface area contributed by atoms with E-state index in [1.54, 1.807) is 0 Å². The minimum absolute atomic E-state index is 0.197. The molecule has 7 atom stereocenters. The highest BCUT2D eigenvalue weighted by Gasteiger charge is 2.61. The standard InChI is InChI=1S/C12H21F2NO6/c1-3-20-11(19)12(14)10(13)7(15)5(2)9(21-12)8(18)6(17)4-16/h5-10,16-18H,3-4,15H2,1-2H3/t5?,6-,7?,8-,9?,10?,12?/m1/s1. The van der Waals surface area contributed by atoms with Crippen molar-refractivity contribution in [2.75, 3.05) is 13.2 Å². The number of carbonyl (C=O) groups is 1. The van der Waals surface area contributed by atoms with Crippen molar-refractivity contribution < 1.29 is 38.4 Å². The monoisotopic (exact) mass is 313 g/mol. The summed E-state index contributed by atoms with van der Waals surface area (Å²) in [5, 5.41) is 28.0. The van der Waals surface area contributed by atoms with E-state index in [0.717, 1.165) is 0 Å². The first-order valence-electron chi connectivity index (χ1n) is 6.61. The van der Waals surface area contributed by atoms with Crippen molar-refractivity contribution in [1.82, 2.24) is 0 Å². The van der Waals surface area contributed by atoms with E-state index in [-0.39, 0.29) is 6.61 Å². The number of hydrogen-bond acceptors (Lipinski definition) is 7. The second-order valence-electron chi connectivity index (χ2n) is 5.03. The highest BCUT2D eigenvalue weighted by Crippen LogP contribution is 2.38. The predicted molar refractivity (Wildman–Crippen MR) is 66.5 cm³/mol. The first-order chi connectivity index (χ1) is 9.70. The molecule has 0 aromatic carbocycles. The molecule has 124 valence electrons. The van der Waals surface area contributed by atoms with E-state index in [1.165, 1.54) is 13.8 Å². The maximum Gasteiger partial charge on any atom is 0.375 e. The Kier molecular flexibility index (Phi) is 6.00. The van der Waals surface area contributed by atoms with Crippen LogP contribution in [0.15, 0.2) is 0 Å². The Labute approximate surface area is 120 Å². The number of rotatable bonds is 5. The Morgan fingerprint density at radius 3 is 2.57 bits per heavy atom. The van der Waals surface area contributed by atoms with Crippen LogP contribution in [0.5, 0.6) is 0 Å². The number of nitrogens with two attached hydrogens (primary N) is 1. The summed E-state index contributed by atoms with van der Waals surface area (Å²) in [5.41, 5.74) is 5.54. The Hall–Kier alpha value is -0.870. The summed E-state index contributed by atoms with van der Waals surface area (Å²) < 4.78 is 37.8. The number of aliphatic hydroxyl groups is 3. The number of esters is 1. The summed E-state index contributed by atoms with van der Waals surface area (Å²) in [6.07, 6.45) is -7.36. The van der Waals surface area contributed by atoms with Crippen molar-refractivity contribution in [3.63, 3.8) is 0 Å². The van der Waals surface area contributed by atoms with Gasteiger partial charge in [-0.25, -0.2) is 9.18 Å². The fourth-order valence-corrected chi connectivity index (χ4v) is 2.20. The van der Waals surface area contributed by atoms with Crippen molar-refractivity contribution in [2.45, 2.75) is 50.2 Å². The zero-order valence-corrected chi connectivity index (χ0v) is 11.8. The highest BCUT2D eigenvalue weighted by atomic mass is 19.2. The van der Waals surface area contributed by atoms with Gasteiger partial charge in [0.2, 0.25) is 0 Å². The summed E-state index contributed by atoms with van der Waals surface area (Å²) in [5.74, 6) is -5.96. The summed E-state index contributed by atoms with van der Waals surface area (Å²) in [6, 6.07) is -1.46. The zero-order valence-electron chi connectivity index (χ0n) is 11.8. The molecule has 0 aromatic heterocycles. The highest BCUT2D eigenvalue weighted by molar-refractivity contribution is 5.79. The third kappa shape index (κ3) is 3.32. The summed E-state index contributed by atoms with van der Waals surface area (Å²) in [4.78, 5) is 11.6. The van der Waals surface area contributed by atoms with Crippen LogP contribution in [0.2, 0.25) is 0 Å². The van der Waals surface area contributed by atoms with Gasteiger partial charge in [0.15, 0.2) is 6.17 Å². The van der Waals surface area contributed by atoms with Crippen molar-refractivity contribution in [3.8, 4) is 0 Å². The topological polar surface area (TPSA) is 122 Å². The lowest BCUT2D eigenvalue weighted by molar-refractivity contribution is -0.285. The molecular weight excluding hydrogens is 292 g/mol. The fourth-order valence-electron chi connectivity index (χ4n) is 2.20. The molecule has 1 heterocycles. The molecule has 21 heavy (non-hydrogen) atoms. The molecule has 1 rings (SSSR count). The maximum atomic E-state index is 14.5. The molecule has 5 unspecified atom stereocenters. The Morgan fingerprint density at radius 1 is 1.52 bits per heavy atom. The largest absolute Gasteiger partial charge is 0.462 e. The molecule has 5 N–H and O–H groups in total. The van der Waals surface area contributed by atoms with Gasteiger partial charge < -0.3 is 30.5 Å². The average Bonchev–Trinajstić information content (AvgIpc) is 2.47. The maximum absolute atomic E-state index is 14.5. The van der Waals surface area contributed by atoms with E-state index in [0.29, 0.717) is 0 Å². The smallest absolute Gasteiger partial charge is 0.375 e. The molecule has 7 nitrogen and oxygen atoms in total. The average molecular weight is 313 g/mol. The molecule has 0 spiro atoms. The van der Waals surface area contributed by atoms with Crippen LogP contribution in [-0.2, 0) is 14.3 Å². The van der Waals surface area contributed by atoms with E-state index in [9.17, 15) is 23.8 Å². The van der Waals surface area contributed by atoms with Gasteiger partial charge in [-0.1, -0.05) is 6.92 Å². The van der Waals surface area contributed by atoms with Crippen molar-refractivity contribution in [2.24, 2.45) is 11.7 Å². The lowest BCUT2D eigenvalue weighted by Crippen LogP contribution is -2.67. The summed E-state index contributed by atoms with van der Waals surface area (Å²) >= 11 is 0. The second-order valence-corrected chi connectivity index (χ2v) is 5.03. The van der Waals surface area contributed by atoms with E-state index in [2.05, 4.69) is 4.74 Å². The third-order valence-corrected chi connectivity index (χ3v) is 3.60. The van der Waals surface area contributed by atoms with Gasteiger partial charge in [-0.3, -0.25) is 0 Å².